The fourth-order valence-corrected chi connectivity index (χ4v) is 2.08. The first-order valence-electron chi connectivity index (χ1n) is 2.94. The topological polar surface area (TPSA) is 72.5 Å². The summed E-state index contributed by atoms with van der Waals surface area (Å²) in [6, 6.07) is 8.06. The van der Waals surface area contributed by atoms with Crippen LogP contribution in [0.25, 0.3) is 0 Å². The molecule has 0 amide bonds. The molecular weight excluding hydrogens is 209 g/mol. The molecule has 3 N–H and O–H groups in total. The third kappa shape index (κ3) is 1.94. The van der Waals surface area contributed by atoms with Gasteiger partial charge in [0.1, 0.15) is 0 Å². The number of nitrogens with two attached hydrogens (primary N) is 1. The van der Waals surface area contributed by atoms with Crippen molar-refractivity contribution in [3.05, 3.63) is 30.3 Å². The first-order chi connectivity index (χ1) is 5.17. The van der Waals surface area contributed by atoms with Crippen LogP contribution in [0.15, 0.2) is 30.3 Å². The van der Waals surface area contributed by atoms with Crippen LogP contribution in [0.3, 0.4) is 0 Å². The van der Waals surface area contributed by atoms with E-state index < -0.39 is 14.2 Å². The molecular formula is C6H8AsNO3. The van der Waals surface area contributed by atoms with Gasteiger partial charge in [0.15, 0.2) is 0 Å². The van der Waals surface area contributed by atoms with E-state index in [-0.39, 0.29) is 4.35 Å². The van der Waals surface area contributed by atoms with E-state index >= 15 is 0 Å². The Bertz CT molecular complexity index is 274. The van der Waals surface area contributed by atoms with Crippen molar-refractivity contribution >= 4 is 18.5 Å². The summed E-state index contributed by atoms with van der Waals surface area (Å²) in [5.74, 6) is 4.65. The SMILES string of the molecule is NO[As](=O)(O)c1ccccc1. The van der Waals surface area contributed by atoms with Crippen LogP contribution >= 0.6 is 0 Å². The molecule has 1 aromatic carbocycles. The molecule has 1 atom stereocenters. The first kappa shape index (κ1) is 8.55. The van der Waals surface area contributed by atoms with E-state index in [4.69, 9.17) is 4.10 Å². The standard InChI is InChI=1S/C6H8AsNO3/c8-11-7(9,10)6-4-2-1-3-5-6/h1-5H,8H2,(H,9,10). The quantitative estimate of drug-likeness (QED) is 0.499. The Hall–Kier alpha value is -0.542. The maximum atomic E-state index is 11.1. The Labute approximate surface area is 66.9 Å². The first-order valence-corrected chi connectivity index (χ1v) is 6.24. The Morgan fingerprint density at radius 1 is 1.36 bits per heavy atom. The predicted octanol–water partition coefficient (Wildman–Crippen LogP) is -0.854. The van der Waals surface area contributed by atoms with Crippen molar-refractivity contribution in [2.45, 2.75) is 0 Å². The van der Waals surface area contributed by atoms with E-state index in [1.54, 1.807) is 18.2 Å². The van der Waals surface area contributed by atoms with Gasteiger partial charge >= 0.3 is 66.4 Å². The molecule has 1 rings (SSSR count). The van der Waals surface area contributed by atoms with Crippen LogP contribution in [0.1, 0.15) is 0 Å². The van der Waals surface area contributed by atoms with Crippen LogP contribution in [0, 0.1) is 0 Å². The van der Waals surface area contributed by atoms with Crippen molar-refractivity contribution < 1.29 is 11.7 Å². The van der Waals surface area contributed by atoms with E-state index in [9.17, 15) is 3.74 Å². The van der Waals surface area contributed by atoms with Gasteiger partial charge < -0.3 is 0 Å². The average molecular weight is 217 g/mol. The number of hydrogen-bond acceptors (Lipinski definition) is 3. The monoisotopic (exact) mass is 217 g/mol. The van der Waals surface area contributed by atoms with Crippen molar-refractivity contribution in [2.24, 2.45) is 5.90 Å². The fraction of sp³-hybridized carbons (Fsp3) is 0. The molecule has 4 nitrogen and oxygen atoms in total. The van der Waals surface area contributed by atoms with E-state index in [1.807, 2.05) is 0 Å². The molecule has 1 unspecified atom stereocenters. The molecule has 0 saturated heterocycles. The second-order valence-electron chi connectivity index (χ2n) is 1.96. The number of rotatable bonds is 2. The molecule has 1 aromatic rings. The zero-order valence-electron chi connectivity index (χ0n) is 5.68. The molecule has 0 spiro atoms. The van der Waals surface area contributed by atoms with E-state index in [2.05, 4.69) is 9.72 Å². The molecule has 60 valence electrons. The summed E-state index contributed by atoms with van der Waals surface area (Å²) in [6.45, 7) is 0. The Kier molecular flexibility index (Phi) is 2.52. The van der Waals surface area contributed by atoms with Gasteiger partial charge in [0.25, 0.3) is 0 Å². The van der Waals surface area contributed by atoms with Crippen molar-refractivity contribution in [3.63, 3.8) is 0 Å². The van der Waals surface area contributed by atoms with Gasteiger partial charge in [0.05, 0.1) is 0 Å². The summed E-state index contributed by atoms with van der Waals surface area (Å²) < 4.78 is 24.4. The molecule has 0 aromatic heterocycles. The minimum absolute atomic E-state index is 0.258. The molecule has 0 radical (unpaired) electrons. The molecule has 5 heteroatoms. The van der Waals surface area contributed by atoms with Crippen LogP contribution in [0.4, 0.5) is 0 Å². The van der Waals surface area contributed by atoms with E-state index in [0.29, 0.717) is 0 Å². The van der Waals surface area contributed by atoms with Gasteiger partial charge in [-0.25, -0.2) is 0 Å². The van der Waals surface area contributed by atoms with E-state index in [1.165, 1.54) is 12.1 Å². The average Bonchev–Trinajstić information content (AvgIpc) is 2.06. The second-order valence-corrected chi connectivity index (χ2v) is 5.67. The molecule has 0 saturated carbocycles. The van der Waals surface area contributed by atoms with Gasteiger partial charge in [-0.1, -0.05) is 0 Å². The summed E-state index contributed by atoms with van der Waals surface area (Å²) in [6.07, 6.45) is 0. The Morgan fingerprint density at radius 2 is 1.91 bits per heavy atom. The van der Waals surface area contributed by atoms with Gasteiger partial charge in [0.2, 0.25) is 0 Å². The van der Waals surface area contributed by atoms with Crippen molar-refractivity contribution in [3.8, 4) is 0 Å². The third-order valence-electron chi connectivity index (χ3n) is 1.23. The predicted molar refractivity (Wildman–Crippen MR) is 40.0 cm³/mol. The summed E-state index contributed by atoms with van der Waals surface area (Å²) in [4.78, 5) is 0. The van der Waals surface area contributed by atoms with Gasteiger partial charge in [0, 0.05) is 0 Å². The zero-order chi connectivity index (χ0) is 8.32. The van der Waals surface area contributed by atoms with Gasteiger partial charge in [-0.15, -0.1) is 0 Å². The summed E-state index contributed by atoms with van der Waals surface area (Å²) in [5, 5.41) is 0. The molecule has 11 heavy (non-hydrogen) atoms. The molecule has 0 heterocycles. The normalized spacial score (nSPS) is 15.8. The summed E-state index contributed by atoms with van der Waals surface area (Å²) in [7, 11) is 0. The van der Waals surface area contributed by atoms with Crippen molar-refractivity contribution in [1.82, 2.24) is 0 Å². The van der Waals surface area contributed by atoms with Gasteiger partial charge in [-0.2, -0.15) is 0 Å². The zero-order valence-corrected chi connectivity index (χ0v) is 7.55. The van der Waals surface area contributed by atoms with E-state index in [0.717, 1.165) is 0 Å². The maximum absolute atomic E-state index is 11.1. The third-order valence-corrected chi connectivity index (χ3v) is 3.82. The second kappa shape index (κ2) is 3.24. The van der Waals surface area contributed by atoms with Gasteiger partial charge in [-0.3, -0.25) is 0 Å². The molecule has 0 fully saturated rings. The van der Waals surface area contributed by atoms with Gasteiger partial charge in [-0.05, 0) is 0 Å². The van der Waals surface area contributed by atoms with Crippen molar-refractivity contribution in [1.29, 1.82) is 0 Å². The molecule has 0 aliphatic carbocycles. The number of benzene rings is 1. The Morgan fingerprint density at radius 3 is 2.36 bits per heavy atom. The molecule has 0 bridgehead atoms. The van der Waals surface area contributed by atoms with Crippen LogP contribution in [0.2, 0.25) is 0 Å². The number of hydrogen-bond donors (Lipinski definition) is 2. The summed E-state index contributed by atoms with van der Waals surface area (Å²) >= 11 is -4.36. The minimum atomic E-state index is -4.36. The van der Waals surface area contributed by atoms with Crippen LogP contribution < -0.4 is 10.2 Å². The fourth-order valence-electron chi connectivity index (χ4n) is 0.677. The van der Waals surface area contributed by atoms with Crippen LogP contribution in [0.5, 0.6) is 0 Å². The van der Waals surface area contributed by atoms with Crippen LogP contribution in [-0.2, 0) is 7.57 Å². The molecule has 0 aliphatic heterocycles. The van der Waals surface area contributed by atoms with Crippen molar-refractivity contribution in [2.75, 3.05) is 0 Å². The molecule has 0 aliphatic rings. The van der Waals surface area contributed by atoms with Crippen LogP contribution in [-0.4, -0.2) is 18.3 Å². The summed E-state index contributed by atoms with van der Waals surface area (Å²) in [5.41, 5.74) is 0. The Balaban J connectivity index is 3.03.